The Hall–Kier alpha value is -3.28. The highest BCUT2D eigenvalue weighted by atomic mass is 16.2. The van der Waals surface area contributed by atoms with Gasteiger partial charge in [-0.05, 0) is 31.9 Å². The molecule has 1 saturated heterocycles. The number of carbonyl (C=O) groups is 4. The quantitative estimate of drug-likeness (QED) is 0.594. The smallest absolute Gasteiger partial charge is 0.262 e. The Morgan fingerprint density at radius 1 is 0.931 bits per heavy atom. The van der Waals surface area contributed by atoms with Crippen molar-refractivity contribution >= 4 is 23.5 Å². The highest BCUT2D eigenvalue weighted by Gasteiger charge is 2.38. The van der Waals surface area contributed by atoms with E-state index in [1.165, 1.54) is 0 Å². The van der Waals surface area contributed by atoms with Crippen LogP contribution in [0.15, 0.2) is 48.5 Å². The number of aryl methyl sites for hydroxylation is 1. The Bertz CT molecular complexity index is 991. The van der Waals surface area contributed by atoms with Gasteiger partial charge in [-0.15, -0.1) is 0 Å². The Labute approximate surface area is 169 Å². The van der Waals surface area contributed by atoms with Gasteiger partial charge < -0.3 is 4.90 Å². The molecular formula is C23H22N2O4. The zero-order valence-electron chi connectivity index (χ0n) is 16.3. The van der Waals surface area contributed by atoms with Crippen LogP contribution < -0.4 is 0 Å². The number of likely N-dealkylation sites (tertiary alicyclic amines) is 1. The van der Waals surface area contributed by atoms with E-state index in [-0.39, 0.29) is 24.2 Å². The lowest BCUT2D eigenvalue weighted by Crippen LogP contribution is -2.46. The number of nitrogens with zero attached hydrogens (tertiary/aromatic N) is 2. The molecule has 148 valence electrons. The van der Waals surface area contributed by atoms with Crippen LogP contribution in [0.3, 0.4) is 0 Å². The van der Waals surface area contributed by atoms with E-state index in [0.29, 0.717) is 42.6 Å². The number of rotatable bonds is 4. The number of carbonyl (C=O) groups excluding carboxylic acids is 4. The first-order valence-electron chi connectivity index (χ1n) is 9.79. The minimum Gasteiger partial charge on any atom is -0.341 e. The highest BCUT2D eigenvalue weighted by molar-refractivity contribution is 6.22. The van der Waals surface area contributed by atoms with Crippen LogP contribution in [0.2, 0.25) is 0 Å². The third kappa shape index (κ3) is 3.58. The van der Waals surface area contributed by atoms with Gasteiger partial charge in [0.05, 0.1) is 11.1 Å². The summed E-state index contributed by atoms with van der Waals surface area (Å²) >= 11 is 0. The van der Waals surface area contributed by atoms with Gasteiger partial charge in [-0.1, -0.05) is 42.0 Å². The molecule has 0 aliphatic carbocycles. The first kappa shape index (κ1) is 19.1. The summed E-state index contributed by atoms with van der Waals surface area (Å²) in [7, 11) is 0. The monoisotopic (exact) mass is 390 g/mol. The average Bonchev–Trinajstić information content (AvgIpc) is 2.98. The van der Waals surface area contributed by atoms with E-state index < -0.39 is 11.8 Å². The minimum absolute atomic E-state index is 0.105. The lowest BCUT2D eigenvalue weighted by Gasteiger charge is -2.32. The molecular weight excluding hydrogens is 368 g/mol. The molecule has 1 fully saturated rings. The molecule has 2 aliphatic rings. The van der Waals surface area contributed by atoms with Gasteiger partial charge in [-0.25, -0.2) is 0 Å². The maximum atomic E-state index is 12.7. The van der Waals surface area contributed by atoms with Gasteiger partial charge in [0, 0.05) is 24.6 Å². The van der Waals surface area contributed by atoms with Gasteiger partial charge in [-0.3, -0.25) is 24.1 Å². The summed E-state index contributed by atoms with van der Waals surface area (Å²) < 4.78 is 0. The molecule has 6 heteroatoms. The molecule has 0 aromatic heterocycles. The summed E-state index contributed by atoms with van der Waals surface area (Å²) in [4.78, 5) is 53.1. The number of hydrogen-bond donors (Lipinski definition) is 0. The second-order valence-corrected chi connectivity index (χ2v) is 7.63. The Kier molecular flexibility index (Phi) is 5.01. The van der Waals surface area contributed by atoms with Crippen molar-refractivity contribution in [2.24, 2.45) is 5.92 Å². The fraction of sp³-hybridized carbons (Fsp3) is 0.304. The normalized spacial score (nSPS) is 16.9. The second kappa shape index (κ2) is 7.62. The minimum atomic E-state index is -0.424. The van der Waals surface area contributed by atoms with Gasteiger partial charge in [0.2, 0.25) is 5.91 Å². The first-order valence-corrected chi connectivity index (χ1v) is 9.79. The Morgan fingerprint density at radius 3 is 2.28 bits per heavy atom. The molecule has 2 aromatic carbocycles. The number of imide groups is 1. The van der Waals surface area contributed by atoms with Crippen molar-refractivity contribution in [1.82, 2.24) is 9.80 Å². The first-order chi connectivity index (χ1) is 14.0. The number of fused-ring (bicyclic) bond motifs is 1. The third-order valence-corrected chi connectivity index (χ3v) is 5.70. The van der Waals surface area contributed by atoms with Crippen molar-refractivity contribution in [3.63, 3.8) is 0 Å². The van der Waals surface area contributed by atoms with Crippen LogP contribution in [0.4, 0.5) is 0 Å². The highest BCUT2D eigenvalue weighted by Crippen LogP contribution is 2.25. The van der Waals surface area contributed by atoms with E-state index in [0.717, 1.165) is 10.5 Å². The maximum Gasteiger partial charge on any atom is 0.262 e. The van der Waals surface area contributed by atoms with Gasteiger partial charge in [0.25, 0.3) is 11.8 Å². The third-order valence-electron chi connectivity index (χ3n) is 5.70. The Balaban J connectivity index is 1.37. The van der Waals surface area contributed by atoms with Crippen molar-refractivity contribution in [3.8, 4) is 0 Å². The van der Waals surface area contributed by atoms with E-state index in [1.54, 1.807) is 23.1 Å². The van der Waals surface area contributed by atoms with Gasteiger partial charge >= 0.3 is 0 Å². The second-order valence-electron chi connectivity index (χ2n) is 7.63. The largest absolute Gasteiger partial charge is 0.341 e. The maximum absolute atomic E-state index is 12.7. The fourth-order valence-corrected chi connectivity index (χ4v) is 4.01. The van der Waals surface area contributed by atoms with Gasteiger partial charge in [-0.2, -0.15) is 0 Å². The predicted molar refractivity (Wildman–Crippen MR) is 107 cm³/mol. The van der Waals surface area contributed by atoms with Crippen LogP contribution in [-0.2, 0) is 4.79 Å². The number of benzene rings is 2. The number of Topliss-reactive ketones (excluding diaryl/α,β-unsaturated/α-hetero) is 1. The lowest BCUT2D eigenvalue weighted by atomic mass is 9.89. The van der Waals surface area contributed by atoms with Crippen LogP contribution in [0.1, 0.15) is 49.5 Å². The lowest BCUT2D eigenvalue weighted by molar-refractivity contribution is -0.132. The molecule has 0 saturated carbocycles. The van der Waals surface area contributed by atoms with E-state index >= 15 is 0 Å². The van der Waals surface area contributed by atoms with Crippen molar-refractivity contribution in [2.45, 2.75) is 19.8 Å². The molecule has 29 heavy (non-hydrogen) atoms. The summed E-state index contributed by atoms with van der Waals surface area (Å²) in [5.41, 5.74) is 2.29. The molecule has 0 bridgehead atoms. The van der Waals surface area contributed by atoms with E-state index in [9.17, 15) is 19.2 Å². The summed E-state index contributed by atoms with van der Waals surface area (Å²) in [5, 5.41) is 0. The molecule has 4 rings (SSSR count). The van der Waals surface area contributed by atoms with Crippen molar-refractivity contribution < 1.29 is 19.2 Å². The number of ketones is 1. The van der Waals surface area contributed by atoms with Crippen molar-refractivity contribution in [1.29, 1.82) is 0 Å². The SMILES string of the molecule is Cc1ccc2c(c1)C(=O)N(CC(=O)N1CCC(C(=O)c3ccccc3)CC1)C2=O. The van der Waals surface area contributed by atoms with E-state index in [4.69, 9.17) is 0 Å². The molecule has 3 amide bonds. The average molecular weight is 390 g/mol. The molecule has 2 aromatic rings. The topological polar surface area (TPSA) is 74.8 Å². The van der Waals surface area contributed by atoms with Crippen molar-refractivity contribution in [2.75, 3.05) is 19.6 Å². The molecule has 0 spiro atoms. The molecule has 0 radical (unpaired) electrons. The summed E-state index contributed by atoms with van der Waals surface area (Å²) in [6.45, 7) is 2.49. The standard InChI is InChI=1S/C23H22N2O4/c1-15-7-8-18-19(13-15)23(29)25(22(18)28)14-20(26)24-11-9-17(10-12-24)21(27)16-5-3-2-4-6-16/h2-8,13,17H,9-12,14H2,1H3. The fourth-order valence-electron chi connectivity index (χ4n) is 4.01. The predicted octanol–water partition coefficient (Wildman–Crippen LogP) is 2.71. The zero-order chi connectivity index (χ0) is 20.5. The number of amides is 3. The van der Waals surface area contributed by atoms with Gasteiger partial charge in [0.1, 0.15) is 6.54 Å². The van der Waals surface area contributed by atoms with Crippen LogP contribution in [0, 0.1) is 12.8 Å². The van der Waals surface area contributed by atoms with Crippen LogP contribution in [-0.4, -0.2) is 52.9 Å². The Morgan fingerprint density at radius 2 is 1.59 bits per heavy atom. The van der Waals surface area contributed by atoms with E-state index in [1.807, 2.05) is 37.3 Å². The van der Waals surface area contributed by atoms with Crippen molar-refractivity contribution in [3.05, 3.63) is 70.8 Å². The van der Waals surface area contributed by atoms with Crippen LogP contribution in [0.25, 0.3) is 0 Å². The molecule has 2 heterocycles. The zero-order valence-corrected chi connectivity index (χ0v) is 16.3. The van der Waals surface area contributed by atoms with Crippen LogP contribution in [0.5, 0.6) is 0 Å². The number of hydrogen-bond acceptors (Lipinski definition) is 4. The molecule has 0 N–H and O–H groups in total. The molecule has 0 unspecified atom stereocenters. The summed E-state index contributed by atoms with van der Waals surface area (Å²) in [6, 6.07) is 14.3. The summed E-state index contributed by atoms with van der Waals surface area (Å²) in [5.74, 6) is -1.11. The van der Waals surface area contributed by atoms with Gasteiger partial charge in [0.15, 0.2) is 5.78 Å². The van der Waals surface area contributed by atoms with E-state index in [2.05, 4.69) is 0 Å². The molecule has 2 aliphatic heterocycles. The van der Waals surface area contributed by atoms with Crippen LogP contribution >= 0.6 is 0 Å². The summed E-state index contributed by atoms with van der Waals surface area (Å²) in [6.07, 6.45) is 1.17. The number of piperidine rings is 1. The molecule has 0 atom stereocenters. The molecule has 6 nitrogen and oxygen atoms in total.